The van der Waals surface area contributed by atoms with E-state index in [-0.39, 0.29) is 11.6 Å². The highest BCUT2D eigenvalue weighted by molar-refractivity contribution is 8.78. The van der Waals surface area contributed by atoms with Crippen LogP contribution in [0.15, 0.2) is 0 Å². The summed E-state index contributed by atoms with van der Waals surface area (Å²) in [6.45, 7) is 7.17. The Hall–Kier alpha value is 0.0400. The molecule has 1 rings (SSSR count). The number of hydrogen-bond acceptors (Lipinski definition) is 4. The van der Waals surface area contributed by atoms with Gasteiger partial charge in [0.15, 0.2) is 0 Å². The molecular formula is C8H12O2S2. The third kappa shape index (κ3) is 1.55. The highest BCUT2D eigenvalue weighted by Gasteiger charge is 2.47. The Bertz CT molecular complexity index is 217. The molecule has 0 spiro atoms. The third-order valence-electron chi connectivity index (χ3n) is 1.76. The molecule has 1 fully saturated rings. The molecule has 0 aromatic rings. The van der Waals surface area contributed by atoms with Gasteiger partial charge < -0.3 is 0 Å². The second-order valence-corrected chi connectivity index (χ2v) is 7.22. The Morgan fingerprint density at radius 1 is 0.833 bits per heavy atom. The summed E-state index contributed by atoms with van der Waals surface area (Å²) in [7, 11) is 2.97. The Morgan fingerprint density at radius 2 is 1.08 bits per heavy atom. The van der Waals surface area contributed by atoms with E-state index in [0.717, 1.165) is 0 Å². The number of rotatable bonds is 0. The average molecular weight is 204 g/mol. The highest BCUT2D eigenvalue weighted by Crippen LogP contribution is 2.49. The predicted octanol–water partition coefficient (Wildman–Crippen LogP) is 2.08. The van der Waals surface area contributed by atoms with Crippen molar-refractivity contribution in [2.24, 2.45) is 0 Å². The first-order valence-corrected chi connectivity index (χ1v) is 5.88. The van der Waals surface area contributed by atoms with Crippen molar-refractivity contribution in [1.29, 1.82) is 0 Å². The molecule has 0 aromatic carbocycles. The molecule has 0 aromatic heterocycles. The van der Waals surface area contributed by atoms with Gasteiger partial charge in [0.2, 0.25) is 11.6 Å². The van der Waals surface area contributed by atoms with Crippen LogP contribution in [-0.4, -0.2) is 21.1 Å². The lowest BCUT2D eigenvalue weighted by atomic mass is 9.96. The first-order valence-electron chi connectivity index (χ1n) is 3.73. The normalized spacial score (nSPS) is 27.3. The maximum Gasteiger partial charge on any atom is 0.216 e. The Balaban J connectivity index is 2.96. The Kier molecular flexibility index (Phi) is 2.34. The van der Waals surface area contributed by atoms with Gasteiger partial charge in [-0.05, 0) is 27.7 Å². The smallest absolute Gasteiger partial charge is 0.216 e. The van der Waals surface area contributed by atoms with Crippen LogP contribution in [0.4, 0.5) is 0 Å². The Labute approximate surface area is 80.3 Å². The molecule has 0 aliphatic carbocycles. The maximum absolute atomic E-state index is 11.5. The van der Waals surface area contributed by atoms with Crippen molar-refractivity contribution in [3.8, 4) is 0 Å². The van der Waals surface area contributed by atoms with Crippen LogP contribution in [0.3, 0.4) is 0 Å². The SMILES string of the molecule is CC1(C)SSC(C)(C)C(=O)C1=O. The van der Waals surface area contributed by atoms with E-state index in [9.17, 15) is 9.59 Å². The van der Waals surface area contributed by atoms with Crippen molar-refractivity contribution < 1.29 is 9.59 Å². The van der Waals surface area contributed by atoms with Gasteiger partial charge in [-0.2, -0.15) is 0 Å². The van der Waals surface area contributed by atoms with Crippen LogP contribution in [-0.2, 0) is 9.59 Å². The summed E-state index contributed by atoms with van der Waals surface area (Å²) < 4.78 is -1.09. The third-order valence-corrected chi connectivity index (χ3v) is 5.80. The van der Waals surface area contributed by atoms with Crippen LogP contribution in [0.5, 0.6) is 0 Å². The minimum atomic E-state index is -0.544. The van der Waals surface area contributed by atoms with Crippen molar-refractivity contribution in [1.82, 2.24) is 0 Å². The summed E-state index contributed by atoms with van der Waals surface area (Å²) in [6, 6.07) is 0. The van der Waals surface area contributed by atoms with Crippen molar-refractivity contribution in [3.63, 3.8) is 0 Å². The fraction of sp³-hybridized carbons (Fsp3) is 0.750. The van der Waals surface area contributed by atoms with Gasteiger partial charge in [0.1, 0.15) is 0 Å². The van der Waals surface area contributed by atoms with Gasteiger partial charge in [-0.3, -0.25) is 9.59 Å². The van der Waals surface area contributed by atoms with Crippen molar-refractivity contribution >= 4 is 33.2 Å². The second kappa shape index (κ2) is 2.77. The number of carbonyl (C=O) groups excluding carboxylic acids is 2. The predicted molar refractivity (Wildman–Crippen MR) is 53.4 cm³/mol. The zero-order valence-corrected chi connectivity index (χ0v) is 9.27. The van der Waals surface area contributed by atoms with Crippen molar-refractivity contribution in [2.75, 3.05) is 0 Å². The number of hydrogen-bond donors (Lipinski definition) is 0. The van der Waals surface area contributed by atoms with E-state index in [1.165, 1.54) is 21.6 Å². The van der Waals surface area contributed by atoms with Crippen LogP contribution >= 0.6 is 21.6 Å². The van der Waals surface area contributed by atoms with Crippen LogP contribution < -0.4 is 0 Å². The van der Waals surface area contributed by atoms with E-state index >= 15 is 0 Å². The zero-order valence-electron chi connectivity index (χ0n) is 7.63. The molecule has 2 nitrogen and oxygen atoms in total. The van der Waals surface area contributed by atoms with Crippen LogP contribution in [0.2, 0.25) is 0 Å². The maximum atomic E-state index is 11.5. The van der Waals surface area contributed by atoms with E-state index in [4.69, 9.17) is 0 Å². The van der Waals surface area contributed by atoms with E-state index in [0.29, 0.717) is 0 Å². The molecule has 0 atom stereocenters. The molecule has 68 valence electrons. The van der Waals surface area contributed by atoms with E-state index in [2.05, 4.69) is 0 Å². The Morgan fingerprint density at radius 3 is 1.33 bits per heavy atom. The van der Waals surface area contributed by atoms with Gasteiger partial charge in [-0.25, -0.2) is 0 Å². The van der Waals surface area contributed by atoms with Gasteiger partial charge in [-0.15, -0.1) is 0 Å². The first kappa shape index (κ1) is 10.1. The summed E-state index contributed by atoms with van der Waals surface area (Å²) in [4.78, 5) is 23.0. The van der Waals surface area contributed by atoms with Crippen molar-refractivity contribution in [2.45, 2.75) is 37.2 Å². The minimum Gasteiger partial charge on any atom is -0.289 e. The van der Waals surface area contributed by atoms with Crippen molar-refractivity contribution in [3.05, 3.63) is 0 Å². The molecule has 12 heavy (non-hydrogen) atoms. The molecule has 0 unspecified atom stereocenters. The molecule has 0 radical (unpaired) electrons. The lowest BCUT2D eigenvalue weighted by Gasteiger charge is -2.34. The van der Waals surface area contributed by atoms with E-state index in [1.54, 1.807) is 27.7 Å². The van der Waals surface area contributed by atoms with Gasteiger partial charge in [0.25, 0.3) is 0 Å². The van der Waals surface area contributed by atoms with Gasteiger partial charge >= 0.3 is 0 Å². The highest BCUT2D eigenvalue weighted by atomic mass is 33.1. The molecule has 1 aliphatic rings. The minimum absolute atomic E-state index is 0.253. The molecule has 0 amide bonds. The molecule has 0 saturated carbocycles. The standard InChI is InChI=1S/C8H12O2S2/c1-7(2)5(9)6(10)8(3,4)12-11-7/h1-4H3. The summed E-state index contributed by atoms with van der Waals surface area (Å²) in [5, 5.41) is 0. The number of ketones is 2. The van der Waals surface area contributed by atoms with Crippen LogP contribution in [0, 0.1) is 0 Å². The van der Waals surface area contributed by atoms with Crippen LogP contribution in [0.1, 0.15) is 27.7 Å². The van der Waals surface area contributed by atoms with Gasteiger partial charge in [0, 0.05) is 0 Å². The molecule has 1 heterocycles. The first-order chi connectivity index (χ1) is 5.27. The van der Waals surface area contributed by atoms with Gasteiger partial charge in [-0.1, -0.05) is 21.6 Å². The summed E-state index contributed by atoms with van der Waals surface area (Å²) in [5.41, 5.74) is 0. The lowest BCUT2D eigenvalue weighted by molar-refractivity contribution is -0.138. The quantitative estimate of drug-likeness (QED) is 0.447. The zero-order chi connectivity index (χ0) is 9.57. The van der Waals surface area contributed by atoms with Crippen LogP contribution in [0.25, 0.3) is 0 Å². The molecule has 1 saturated heterocycles. The fourth-order valence-corrected chi connectivity index (χ4v) is 3.29. The monoisotopic (exact) mass is 204 g/mol. The molecule has 1 aliphatic heterocycles. The van der Waals surface area contributed by atoms with E-state index in [1.807, 2.05) is 0 Å². The average Bonchev–Trinajstić information content (AvgIpc) is 1.96. The largest absolute Gasteiger partial charge is 0.289 e. The molecule has 0 bridgehead atoms. The summed E-state index contributed by atoms with van der Waals surface area (Å²) in [6.07, 6.45) is 0. The summed E-state index contributed by atoms with van der Waals surface area (Å²) in [5.74, 6) is -0.507. The molecular weight excluding hydrogens is 192 g/mol. The lowest BCUT2D eigenvalue weighted by Crippen LogP contribution is -2.47. The fourth-order valence-electron chi connectivity index (χ4n) is 0.831. The molecule has 0 N–H and O–H groups in total. The van der Waals surface area contributed by atoms with Gasteiger partial charge in [0.05, 0.1) is 9.49 Å². The summed E-state index contributed by atoms with van der Waals surface area (Å²) >= 11 is 0. The second-order valence-electron chi connectivity index (χ2n) is 3.85. The number of Topliss-reactive ketones (excluding diaryl/α,β-unsaturated/α-hetero) is 2. The molecule has 4 heteroatoms. The van der Waals surface area contributed by atoms with E-state index < -0.39 is 9.49 Å². The number of carbonyl (C=O) groups is 2. The topological polar surface area (TPSA) is 34.1 Å².